The molecular weight excluding hydrogens is 2070 g/mol. The van der Waals surface area contributed by atoms with Crippen LogP contribution in [0.2, 0.25) is 38.6 Å². The number of carbonyl (C=O) groups excluding carboxylic acids is 6. The van der Waals surface area contributed by atoms with Crippen LogP contribution in [0.25, 0.3) is 0 Å². The van der Waals surface area contributed by atoms with Crippen molar-refractivity contribution < 1.29 is 171 Å². The van der Waals surface area contributed by atoms with Gasteiger partial charge in [0, 0.05) is 21.9 Å². The Kier molecular flexibility index (Phi) is 31.2. The number of benzene rings is 6. The molecule has 0 heterocycles. The lowest BCUT2D eigenvalue weighted by molar-refractivity contribution is -0.139. The van der Waals surface area contributed by atoms with E-state index in [1.165, 1.54) is 47.6 Å². The summed E-state index contributed by atoms with van der Waals surface area (Å²) in [5.74, 6) is -11.8. The Bertz CT molecular complexity index is 7770. The van der Waals surface area contributed by atoms with Crippen molar-refractivity contribution in [1.29, 1.82) is 0 Å². The van der Waals surface area contributed by atoms with Crippen LogP contribution >= 0.6 is 69.6 Å². The van der Waals surface area contributed by atoms with Gasteiger partial charge in [-0.05, 0) is 266 Å². The van der Waals surface area contributed by atoms with Gasteiger partial charge < -0.3 is 28.4 Å². The average Bonchev–Trinajstić information content (AvgIpc) is 0.693. The van der Waals surface area contributed by atoms with Crippen LogP contribution in [-0.4, -0.2) is 157 Å². The maximum atomic E-state index is 13.3. The van der Waals surface area contributed by atoms with Crippen LogP contribution in [0.3, 0.4) is 0 Å². The van der Waals surface area contributed by atoms with Crippen LogP contribution in [0.1, 0.15) is 186 Å². The molecule has 6 N–H and O–H groups in total. The van der Waals surface area contributed by atoms with Crippen molar-refractivity contribution in [2.45, 2.75) is 188 Å². The SMILES string of the molecule is [2H]C1=C(C(=O)OCC)[C@H](S(=O)(=O)N([2H])c2ccc(F)cc2Cl)C([2H])([2H])CC1.[2H]C1=C(C(=O)OCC)[C@]([2H])(S(=O)(=O)N([2H])c2ccc(F)cc2Cl)C([2H])([2H])CC1.[2H]N(c1ccc(F)cc1Cl)S(=O)(=O)[C@@]1([2H])C(C(=O)OCC)=CC([2H])([2H])CC1([2H])[2H].[2H]N(c1ccc(F)cc1Cl)S(=O)(=O)[C@@]1([2H])C(C(=O)OCC)=CCCC1([2H])[2H].[2H]N(c1ccc(F)cc1Cl)S(=O)(=O)[C@H]1C(C(=O)OCC)=CC([2H])([2H])CC1([2H])[2H].[2H]N(c1ccc(F)cc1Cl)S(=O)(=O)[C@H]1C(C(=O)OCC)=CCCC1([2H])[2H]. The molecular formula is C90H102Cl6F6N6O24S6. The van der Waals surface area contributed by atoms with E-state index in [0.29, 0.717) is 12.2 Å². The van der Waals surface area contributed by atoms with Crippen LogP contribution < -0.4 is 28.3 Å². The van der Waals surface area contributed by atoms with Gasteiger partial charge in [0.05, 0.1) is 144 Å². The summed E-state index contributed by atoms with van der Waals surface area (Å²) in [6.45, 7) is 7.96. The molecule has 6 aromatic carbocycles. The molecule has 6 aromatic rings. The number of hydrogen-bond donors (Lipinski definition) is 6. The third kappa shape index (κ3) is 33.8. The van der Waals surface area contributed by atoms with Crippen molar-refractivity contribution in [3.05, 3.63) is 244 Å². The normalized spacial score (nSPS) is 25.7. The zero-order chi connectivity index (χ0) is 126. The van der Waals surface area contributed by atoms with Gasteiger partial charge in [-0.25, -0.2) is 106 Å². The van der Waals surface area contributed by atoms with Crippen LogP contribution in [0.5, 0.6) is 0 Å². The molecule has 0 spiro atoms. The third-order valence-corrected chi connectivity index (χ3v) is 27.5. The number of rotatable bonds is 30. The second kappa shape index (κ2) is 53.9. The zero-order valence-corrected chi connectivity index (χ0v) is 82.1. The van der Waals surface area contributed by atoms with Crippen molar-refractivity contribution in [1.82, 2.24) is 0 Å². The highest BCUT2D eigenvalue weighted by molar-refractivity contribution is 7.95. The van der Waals surface area contributed by atoms with E-state index in [-0.39, 0.29) is 140 Å². The van der Waals surface area contributed by atoms with Gasteiger partial charge >= 0.3 is 35.8 Å². The fraction of sp³-hybridized carbons (Fsp3) is 0.400. The summed E-state index contributed by atoms with van der Waals surface area (Å²) in [5.41, 5.74) is -7.37. The van der Waals surface area contributed by atoms with E-state index in [0.717, 1.165) is 115 Å². The lowest BCUT2D eigenvalue weighted by Crippen LogP contribution is -2.34. The Balaban J connectivity index is 0.000000266. The molecule has 756 valence electrons. The Morgan fingerprint density at radius 2 is 0.507 bits per heavy atom. The molecule has 6 aliphatic carbocycles. The van der Waals surface area contributed by atoms with E-state index < -0.39 is 315 Å². The molecule has 0 saturated heterocycles. The first kappa shape index (κ1) is 80.0. The Labute approximate surface area is 866 Å². The molecule has 0 fully saturated rings. The summed E-state index contributed by atoms with van der Waals surface area (Å²) in [5, 5.41) is -18.7. The zero-order valence-electron chi connectivity index (χ0n) is 99.7. The summed E-state index contributed by atoms with van der Waals surface area (Å²) in [6, 6.07) is 14.5. The molecule has 12 rings (SSSR count). The second-order valence-corrected chi connectivity index (χ2v) is 39.2. The monoisotopic (exact) mass is 2190 g/mol. The van der Waals surface area contributed by atoms with Crippen LogP contribution in [-0.2, 0) is 117 Å². The van der Waals surface area contributed by atoms with Crippen LogP contribution in [0.4, 0.5) is 60.5 Å². The quantitative estimate of drug-likeness (QED) is 0.0139. The first-order chi connectivity index (χ1) is 75.5. The minimum absolute atomic E-state index is 0.0136. The number of carbonyl (C=O) groups is 6. The maximum Gasteiger partial charge on any atom is 0.335 e. The van der Waals surface area contributed by atoms with Gasteiger partial charge in [0.2, 0.25) is 60.1 Å². The predicted molar refractivity (Wildman–Crippen MR) is 518 cm³/mol. The van der Waals surface area contributed by atoms with Crippen molar-refractivity contribution in [3.8, 4) is 0 Å². The largest absolute Gasteiger partial charge is 0.463 e. The number of allylic oxidation sites excluding steroid dienone is 6. The highest BCUT2D eigenvalue weighted by Gasteiger charge is 2.42. The summed E-state index contributed by atoms with van der Waals surface area (Å²) < 4.78 is 482. The molecule has 138 heavy (non-hydrogen) atoms. The number of esters is 6. The van der Waals surface area contributed by atoms with Crippen LogP contribution in [0, 0.1) is 34.9 Å². The van der Waals surface area contributed by atoms with Crippen molar-refractivity contribution >= 4 is 200 Å². The van der Waals surface area contributed by atoms with E-state index in [2.05, 4.69) is 0 Å². The third-order valence-electron chi connectivity index (χ3n) is 17.3. The van der Waals surface area contributed by atoms with Crippen molar-refractivity contribution in [2.24, 2.45) is 0 Å². The number of hydrogen-bond acceptors (Lipinski definition) is 24. The summed E-state index contributed by atoms with van der Waals surface area (Å²) in [4.78, 5) is 73.5. The molecule has 48 heteroatoms. The number of nitrogens with one attached hydrogen (secondary N) is 6. The summed E-state index contributed by atoms with van der Waals surface area (Å²) in [6.07, 6.45) is -20.8. The molecule has 0 aliphatic heterocycles. The first-order valence-electron chi connectivity index (χ1n) is 53.4. The number of halogens is 12. The van der Waals surface area contributed by atoms with Gasteiger partial charge in [0.25, 0.3) is 0 Å². The maximum absolute atomic E-state index is 13.3. The molecule has 0 amide bonds. The Hall–Kier alpha value is -9.60. The lowest BCUT2D eigenvalue weighted by Gasteiger charge is -2.24. The predicted octanol–water partition coefficient (Wildman–Crippen LogP) is 19.6. The molecule has 6 atom stereocenters. The Morgan fingerprint density at radius 1 is 0.304 bits per heavy atom. The van der Waals surface area contributed by atoms with E-state index in [1.54, 1.807) is 0 Å². The minimum Gasteiger partial charge on any atom is -0.463 e. The number of sulfonamides is 6. The number of ether oxygens (including phenoxy) is 6. The highest BCUT2D eigenvalue weighted by Crippen LogP contribution is 2.39. The van der Waals surface area contributed by atoms with E-state index in [1.807, 2.05) is 0 Å². The lowest BCUT2D eigenvalue weighted by atomic mass is 9.99. The van der Waals surface area contributed by atoms with Gasteiger partial charge in [-0.3, -0.25) is 28.3 Å². The van der Waals surface area contributed by atoms with Gasteiger partial charge in [-0.15, -0.1) is 0 Å². The molecule has 0 unspecified atom stereocenters. The van der Waals surface area contributed by atoms with E-state index >= 15 is 0 Å². The highest BCUT2D eigenvalue weighted by atomic mass is 35.5. The topological polar surface area (TPSA) is 435 Å². The van der Waals surface area contributed by atoms with Gasteiger partial charge in [0.15, 0.2) is 8.47 Å². The smallest absolute Gasteiger partial charge is 0.335 e. The molecule has 30 nitrogen and oxygen atoms in total. The molecule has 0 aromatic heterocycles. The average molecular weight is 2200 g/mol. The molecule has 0 saturated carbocycles. The summed E-state index contributed by atoms with van der Waals surface area (Å²) in [7, 11) is -30.3. The fourth-order valence-corrected chi connectivity index (χ4v) is 20.7. The first-order valence-corrected chi connectivity index (χ1v) is 51.3. The van der Waals surface area contributed by atoms with Crippen molar-refractivity contribution in [3.63, 3.8) is 0 Å². The standard InChI is InChI=1S/6C15H17ClFNO4S/c6*1-2-22-15(19)11-5-3-4-6-14(11)23(20,21)18-13-8-7-10(17)9-12(13)16/h6*5,7-9,14,18H,2-4,6H2,1H3/t6*14-/m111111/s1/i5D,6D2,14D;3D2,6D2,14D;6D2,14D;5D,6D2;3D2,6D2;6D2/hD6. The van der Waals surface area contributed by atoms with Gasteiger partial charge in [-0.1, -0.05) is 106 Å². The fourth-order valence-electron chi connectivity index (χ4n) is 11.5. The van der Waals surface area contributed by atoms with Crippen molar-refractivity contribution in [2.75, 3.05) is 67.9 Å². The van der Waals surface area contributed by atoms with E-state index in [4.69, 9.17) is 135 Å². The Morgan fingerprint density at radius 3 is 0.819 bits per heavy atom. The summed E-state index contributed by atoms with van der Waals surface area (Å²) >= 11 is 34.8. The second-order valence-electron chi connectivity index (χ2n) is 27.1. The number of anilines is 6. The molecule has 0 radical (unpaired) electrons. The minimum atomic E-state index is -5.37. The van der Waals surface area contributed by atoms with Crippen LogP contribution in [0.15, 0.2) is 179 Å². The van der Waals surface area contributed by atoms with Gasteiger partial charge in [-0.2, -0.15) is 0 Å². The van der Waals surface area contributed by atoms with E-state index in [9.17, 15) is 106 Å². The molecule has 6 aliphatic rings. The molecule has 0 bridgehead atoms. The van der Waals surface area contributed by atoms with Gasteiger partial charge in [0.1, 0.15) is 66.3 Å².